The minimum absolute atomic E-state index is 0.0364. The zero-order chi connectivity index (χ0) is 19.4. The molecule has 1 aromatic rings. The number of hydrogen-bond acceptors (Lipinski definition) is 4. The SMILES string of the molecule is Cc1ccc2c(c1)[C@H](NC(=O)C(=O)NCCCN(C)C)C(=O)N2C(C)C. The summed E-state index contributed by atoms with van der Waals surface area (Å²) in [7, 11) is 3.89. The lowest BCUT2D eigenvalue weighted by molar-refractivity contribution is -0.140. The van der Waals surface area contributed by atoms with E-state index in [2.05, 4.69) is 10.6 Å². The zero-order valence-corrected chi connectivity index (χ0v) is 16.1. The number of carbonyl (C=O) groups is 3. The number of anilines is 1. The standard InChI is InChI=1S/C19H28N4O3/c1-12(2)23-15-8-7-13(3)11-14(15)16(19(23)26)21-18(25)17(24)20-9-6-10-22(4)5/h7-8,11-12,16H,6,9-10H2,1-5H3,(H,20,24)(H,21,25)/t16-/m0/s1. The fourth-order valence-corrected chi connectivity index (χ4v) is 3.06. The number of aryl methyl sites for hydroxylation is 1. The van der Waals surface area contributed by atoms with Gasteiger partial charge in [0.2, 0.25) is 0 Å². The summed E-state index contributed by atoms with van der Waals surface area (Å²) in [5.41, 5.74) is 2.51. The van der Waals surface area contributed by atoms with Gasteiger partial charge in [-0.2, -0.15) is 0 Å². The number of fused-ring (bicyclic) bond motifs is 1. The van der Waals surface area contributed by atoms with Crippen LogP contribution in [0, 0.1) is 6.92 Å². The van der Waals surface area contributed by atoms with E-state index in [0.717, 1.165) is 29.8 Å². The third-order valence-corrected chi connectivity index (χ3v) is 4.30. The molecule has 1 aliphatic rings. The van der Waals surface area contributed by atoms with Crippen molar-refractivity contribution in [2.24, 2.45) is 0 Å². The Morgan fingerprint density at radius 3 is 2.54 bits per heavy atom. The van der Waals surface area contributed by atoms with Crippen LogP contribution in [0.15, 0.2) is 18.2 Å². The molecule has 0 aromatic heterocycles. The first-order chi connectivity index (χ1) is 12.2. The van der Waals surface area contributed by atoms with Crippen LogP contribution in [0.4, 0.5) is 5.69 Å². The van der Waals surface area contributed by atoms with E-state index in [-0.39, 0.29) is 11.9 Å². The van der Waals surface area contributed by atoms with E-state index in [1.54, 1.807) is 4.90 Å². The summed E-state index contributed by atoms with van der Waals surface area (Å²) in [6, 6.07) is 4.84. The average molecular weight is 360 g/mol. The lowest BCUT2D eigenvalue weighted by atomic mass is 10.1. The molecule has 142 valence electrons. The van der Waals surface area contributed by atoms with Gasteiger partial charge in [-0.1, -0.05) is 17.7 Å². The lowest BCUT2D eigenvalue weighted by Gasteiger charge is -2.22. The molecule has 0 radical (unpaired) electrons. The van der Waals surface area contributed by atoms with Crippen molar-refractivity contribution in [1.82, 2.24) is 15.5 Å². The number of carbonyl (C=O) groups excluding carboxylic acids is 3. The molecule has 1 aliphatic heterocycles. The Morgan fingerprint density at radius 2 is 1.92 bits per heavy atom. The first kappa shape index (κ1) is 19.9. The molecule has 0 saturated carbocycles. The third-order valence-electron chi connectivity index (χ3n) is 4.30. The van der Waals surface area contributed by atoms with Gasteiger partial charge in [0.1, 0.15) is 6.04 Å². The van der Waals surface area contributed by atoms with Gasteiger partial charge in [-0.25, -0.2) is 0 Å². The molecule has 3 amide bonds. The summed E-state index contributed by atoms with van der Waals surface area (Å²) < 4.78 is 0. The first-order valence-corrected chi connectivity index (χ1v) is 8.89. The first-order valence-electron chi connectivity index (χ1n) is 8.89. The smallest absolute Gasteiger partial charge is 0.310 e. The molecule has 0 aliphatic carbocycles. The summed E-state index contributed by atoms with van der Waals surface area (Å²) in [5.74, 6) is -1.71. The molecule has 0 saturated heterocycles. The van der Waals surface area contributed by atoms with Crippen LogP contribution in [0.25, 0.3) is 0 Å². The van der Waals surface area contributed by atoms with Crippen molar-refractivity contribution in [1.29, 1.82) is 0 Å². The molecule has 1 aromatic carbocycles. The van der Waals surface area contributed by atoms with Crippen LogP contribution in [0.2, 0.25) is 0 Å². The maximum Gasteiger partial charge on any atom is 0.310 e. The molecule has 1 heterocycles. The Kier molecular flexibility index (Phi) is 6.37. The van der Waals surface area contributed by atoms with Crippen LogP contribution in [-0.4, -0.2) is 55.8 Å². The van der Waals surface area contributed by atoms with Crippen molar-refractivity contribution >= 4 is 23.4 Å². The fourth-order valence-electron chi connectivity index (χ4n) is 3.06. The van der Waals surface area contributed by atoms with E-state index in [1.165, 1.54) is 0 Å². The number of amides is 3. The highest BCUT2D eigenvalue weighted by Gasteiger charge is 2.40. The minimum atomic E-state index is -0.827. The summed E-state index contributed by atoms with van der Waals surface area (Å²) in [4.78, 5) is 40.7. The van der Waals surface area contributed by atoms with E-state index in [9.17, 15) is 14.4 Å². The van der Waals surface area contributed by atoms with E-state index >= 15 is 0 Å². The van der Waals surface area contributed by atoms with Crippen LogP contribution in [0.3, 0.4) is 0 Å². The Balaban J connectivity index is 2.07. The predicted octanol–water partition coefficient (Wildman–Crippen LogP) is 0.975. The topological polar surface area (TPSA) is 81.8 Å². The number of rotatable bonds is 6. The Hall–Kier alpha value is -2.41. The van der Waals surface area contributed by atoms with E-state index < -0.39 is 17.9 Å². The largest absolute Gasteiger partial charge is 0.348 e. The second-order valence-corrected chi connectivity index (χ2v) is 7.18. The van der Waals surface area contributed by atoms with Gasteiger partial charge in [-0.05, 0) is 53.9 Å². The molecule has 1 atom stereocenters. The van der Waals surface area contributed by atoms with Crippen molar-refractivity contribution < 1.29 is 14.4 Å². The summed E-state index contributed by atoms with van der Waals surface area (Å²) >= 11 is 0. The van der Waals surface area contributed by atoms with Gasteiger partial charge in [0, 0.05) is 23.8 Å². The van der Waals surface area contributed by atoms with Gasteiger partial charge in [-0.3, -0.25) is 14.4 Å². The Bertz CT molecular complexity index is 700. The van der Waals surface area contributed by atoms with E-state index in [0.29, 0.717) is 6.54 Å². The predicted molar refractivity (Wildman–Crippen MR) is 101 cm³/mol. The molecular weight excluding hydrogens is 332 g/mol. The lowest BCUT2D eigenvalue weighted by Crippen LogP contribution is -2.45. The molecule has 0 fully saturated rings. The summed E-state index contributed by atoms with van der Waals surface area (Å²) in [6.07, 6.45) is 0.748. The second-order valence-electron chi connectivity index (χ2n) is 7.18. The molecule has 26 heavy (non-hydrogen) atoms. The van der Waals surface area contributed by atoms with Crippen molar-refractivity contribution in [2.45, 2.75) is 39.3 Å². The summed E-state index contributed by atoms with van der Waals surface area (Å²) in [5, 5.41) is 5.19. The maximum absolute atomic E-state index is 12.8. The van der Waals surface area contributed by atoms with Crippen molar-refractivity contribution in [3.05, 3.63) is 29.3 Å². The van der Waals surface area contributed by atoms with Gasteiger partial charge < -0.3 is 20.4 Å². The van der Waals surface area contributed by atoms with Crippen LogP contribution in [-0.2, 0) is 14.4 Å². The number of benzene rings is 1. The van der Waals surface area contributed by atoms with Gasteiger partial charge >= 0.3 is 11.8 Å². The van der Waals surface area contributed by atoms with Gasteiger partial charge in [0.25, 0.3) is 5.91 Å². The van der Waals surface area contributed by atoms with Gasteiger partial charge in [-0.15, -0.1) is 0 Å². The molecule has 0 unspecified atom stereocenters. The van der Waals surface area contributed by atoms with E-state index in [1.807, 2.05) is 58.0 Å². The molecule has 7 nitrogen and oxygen atoms in total. The normalized spacial score (nSPS) is 16.2. The van der Waals surface area contributed by atoms with Crippen molar-refractivity contribution in [3.8, 4) is 0 Å². The van der Waals surface area contributed by atoms with Crippen LogP contribution < -0.4 is 15.5 Å². The average Bonchev–Trinajstić information content (AvgIpc) is 2.83. The van der Waals surface area contributed by atoms with Gasteiger partial charge in [0.15, 0.2) is 0 Å². The molecule has 7 heteroatoms. The monoisotopic (exact) mass is 360 g/mol. The Labute approximate surface area is 154 Å². The molecule has 0 bridgehead atoms. The number of nitrogens with one attached hydrogen (secondary N) is 2. The fraction of sp³-hybridized carbons (Fsp3) is 0.526. The molecule has 2 rings (SSSR count). The maximum atomic E-state index is 12.8. The highest BCUT2D eigenvalue weighted by Crippen LogP contribution is 2.37. The number of hydrogen-bond donors (Lipinski definition) is 2. The van der Waals surface area contributed by atoms with Crippen LogP contribution in [0.1, 0.15) is 37.4 Å². The van der Waals surface area contributed by atoms with Crippen LogP contribution >= 0.6 is 0 Å². The third kappa shape index (κ3) is 4.40. The quantitative estimate of drug-likeness (QED) is 0.585. The summed E-state index contributed by atoms with van der Waals surface area (Å²) in [6.45, 7) is 7.00. The van der Waals surface area contributed by atoms with Crippen molar-refractivity contribution in [3.63, 3.8) is 0 Å². The molecular formula is C19H28N4O3. The Morgan fingerprint density at radius 1 is 1.23 bits per heavy atom. The van der Waals surface area contributed by atoms with E-state index in [4.69, 9.17) is 0 Å². The molecule has 0 spiro atoms. The minimum Gasteiger partial charge on any atom is -0.348 e. The molecule has 2 N–H and O–H groups in total. The second kappa shape index (κ2) is 8.31. The number of nitrogens with zero attached hydrogens (tertiary/aromatic N) is 2. The zero-order valence-electron chi connectivity index (χ0n) is 16.1. The highest BCUT2D eigenvalue weighted by atomic mass is 16.2. The van der Waals surface area contributed by atoms with Crippen LogP contribution in [0.5, 0.6) is 0 Å². The highest BCUT2D eigenvalue weighted by molar-refractivity contribution is 6.35. The van der Waals surface area contributed by atoms with Crippen molar-refractivity contribution in [2.75, 3.05) is 32.1 Å². The van der Waals surface area contributed by atoms with Gasteiger partial charge in [0.05, 0.1) is 0 Å².